The van der Waals surface area contributed by atoms with Gasteiger partial charge >= 0.3 is 5.69 Å². The molecule has 0 aliphatic rings. The van der Waals surface area contributed by atoms with Gasteiger partial charge in [-0.05, 0) is 77.8 Å². The Morgan fingerprint density at radius 1 is 1.00 bits per heavy atom. The van der Waals surface area contributed by atoms with Crippen molar-refractivity contribution in [1.29, 1.82) is 0 Å². The number of nitrogens with zero attached hydrogens (tertiary/aromatic N) is 1. The Hall–Kier alpha value is -1.50. The number of nitro groups is 1. The molecule has 0 N–H and O–H groups in total. The van der Waals surface area contributed by atoms with Crippen LogP contribution in [0.15, 0.2) is 12.1 Å². The van der Waals surface area contributed by atoms with Crippen LogP contribution in [0.3, 0.4) is 0 Å². The summed E-state index contributed by atoms with van der Waals surface area (Å²) in [7, 11) is 7.01. The lowest BCUT2D eigenvalue weighted by Crippen LogP contribution is -2.18. The molecule has 0 bridgehead atoms. The smallest absolute Gasteiger partial charge is 0.311 e. The molecule has 0 amide bonds. The van der Waals surface area contributed by atoms with Crippen molar-refractivity contribution in [3.8, 4) is 16.9 Å². The van der Waals surface area contributed by atoms with Gasteiger partial charge in [0.1, 0.15) is 0 Å². The minimum Gasteiger partial charge on any atom is -0.490 e. The van der Waals surface area contributed by atoms with Crippen molar-refractivity contribution in [2.24, 2.45) is 0 Å². The summed E-state index contributed by atoms with van der Waals surface area (Å²) < 4.78 is 5.15. The molecule has 0 aliphatic heterocycles. The fourth-order valence-electron chi connectivity index (χ4n) is 2.74. The van der Waals surface area contributed by atoms with Crippen molar-refractivity contribution < 1.29 is 9.66 Å². The van der Waals surface area contributed by atoms with Gasteiger partial charge in [-0.15, -0.1) is 18.5 Å². The summed E-state index contributed by atoms with van der Waals surface area (Å²) in [4.78, 5) is 10.9. The lowest BCUT2D eigenvalue weighted by molar-refractivity contribution is -0.385. The van der Waals surface area contributed by atoms with Gasteiger partial charge in [0, 0.05) is 6.07 Å². The second-order valence-electron chi connectivity index (χ2n) is 5.67. The van der Waals surface area contributed by atoms with E-state index >= 15 is 0 Å². The molecule has 2 atom stereocenters. The summed E-state index contributed by atoms with van der Waals surface area (Å²) in [6.45, 7) is 8.19. The highest BCUT2D eigenvalue weighted by molar-refractivity contribution is 7.30. The molecule has 23 heavy (non-hydrogen) atoms. The normalized spacial score (nSPS) is 10.7. The molecule has 122 valence electrons. The Balaban J connectivity index is 2.88. The van der Waals surface area contributed by atoms with Crippen LogP contribution in [0.4, 0.5) is 5.69 Å². The zero-order valence-corrected chi connectivity index (χ0v) is 16.3. The molecule has 2 aromatic rings. The number of aryl methyl sites for hydroxylation is 1. The lowest BCUT2D eigenvalue weighted by atomic mass is 9.93. The molecule has 0 spiro atoms. The number of benzene rings is 2. The maximum absolute atomic E-state index is 11.3. The zero-order valence-electron chi connectivity index (χ0n) is 14.0. The molecule has 0 fully saturated rings. The third kappa shape index (κ3) is 2.98. The number of nitro benzene ring substituents is 1. The van der Waals surface area contributed by atoms with Gasteiger partial charge in [0.15, 0.2) is 5.75 Å². The largest absolute Gasteiger partial charge is 0.490 e. The predicted octanol–water partition coefficient (Wildman–Crippen LogP) is 3.50. The first kappa shape index (κ1) is 17.8. The number of hydrogen-bond acceptors (Lipinski definition) is 3. The van der Waals surface area contributed by atoms with E-state index in [0.717, 1.165) is 27.3 Å². The second-order valence-corrected chi connectivity index (χ2v) is 6.83. The highest BCUT2D eigenvalue weighted by Gasteiger charge is 2.22. The van der Waals surface area contributed by atoms with Gasteiger partial charge in [-0.1, -0.05) is 0 Å². The topological polar surface area (TPSA) is 52.4 Å². The molecule has 2 aromatic carbocycles. The van der Waals surface area contributed by atoms with Crippen molar-refractivity contribution in [3.63, 3.8) is 0 Å². The highest BCUT2D eigenvalue weighted by atomic mass is 31.0. The molecule has 2 rings (SSSR count). The number of methoxy groups -OCH3 is 1. The van der Waals surface area contributed by atoms with Crippen LogP contribution in [0.1, 0.15) is 22.3 Å². The molecule has 4 nitrogen and oxygen atoms in total. The predicted molar refractivity (Wildman–Crippen MR) is 103 cm³/mol. The Kier molecular flexibility index (Phi) is 5.08. The van der Waals surface area contributed by atoms with E-state index < -0.39 is 4.92 Å². The molecule has 0 heterocycles. The third-order valence-corrected chi connectivity index (χ3v) is 5.91. The Morgan fingerprint density at radius 2 is 1.52 bits per heavy atom. The molecule has 0 saturated carbocycles. The average Bonchev–Trinajstić information content (AvgIpc) is 2.51. The van der Waals surface area contributed by atoms with E-state index in [0.29, 0.717) is 0 Å². The van der Waals surface area contributed by atoms with Crippen LogP contribution in [0, 0.1) is 37.8 Å². The fraction of sp³-hybridized carbons (Fsp3) is 0.294. The molecule has 0 saturated heterocycles. The van der Waals surface area contributed by atoms with E-state index in [1.165, 1.54) is 23.8 Å². The van der Waals surface area contributed by atoms with E-state index in [1.807, 2.05) is 6.92 Å². The molecular formula is C17H21NO3P2. The summed E-state index contributed by atoms with van der Waals surface area (Å²) in [5.41, 5.74) is 6.42. The minimum absolute atomic E-state index is 0.0159. The van der Waals surface area contributed by atoms with Gasteiger partial charge in [-0.25, -0.2) is 0 Å². The van der Waals surface area contributed by atoms with Crippen molar-refractivity contribution >= 4 is 34.8 Å². The zero-order chi connectivity index (χ0) is 17.5. The van der Waals surface area contributed by atoms with Crippen molar-refractivity contribution in [2.75, 3.05) is 7.11 Å². The van der Waals surface area contributed by atoms with E-state index in [1.54, 1.807) is 12.1 Å². The van der Waals surface area contributed by atoms with Crippen LogP contribution in [0.2, 0.25) is 0 Å². The fourth-order valence-corrected chi connectivity index (χ4v) is 3.96. The molecule has 0 radical (unpaired) electrons. The maximum atomic E-state index is 11.3. The van der Waals surface area contributed by atoms with Gasteiger partial charge in [-0.3, -0.25) is 10.1 Å². The summed E-state index contributed by atoms with van der Waals surface area (Å²) in [6, 6.07) is 3.34. The average molecular weight is 349 g/mol. The number of ether oxygens (including phenoxy) is 1. The van der Waals surface area contributed by atoms with E-state index in [2.05, 4.69) is 39.3 Å². The van der Waals surface area contributed by atoms with Crippen LogP contribution in [0.25, 0.3) is 11.1 Å². The summed E-state index contributed by atoms with van der Waals surface area (Å²) in [6.07, 6.45) is 0. The number of rotatable bonds is 3. The van der Waals surface area contributed by atoms with E-state index in [9.17, 15) is 10.1 Å². The van der Waals surface area contributed by atoms with E-state index in [4.69, 9.17) is 4.74 Å². The summed E-state index contributed by atoms with van der Waals surface area (Å²) in [5, 5.41) is 13.5. The first-order valence-corrected chi connectivity index (χ1v) is 8.34. The van der Waals surface area contributed by atoms with Crippen molar-refractivity contribution in [2.45, 2.75) is 27.7 Å². The van der Waals surface area contributed by atoms with Crippen LogP contribution in [-0.4, -0.2) is 12.0 Å². The molecule has 0 aliphatic carbocycles. The van der Waals surface area contributed by atoms with Gasteiger partial charge in [0.25, 0.3) is 0 Å². The van der Waals surface area contributed by atoms with Crippen LogP contribution in [0.5, 0.6) is 5.75 Å². The van der Waals surface area contributed by atoms with Crippen molar-refractivity contribution in [1.82, 2.24) is 0 Å². The minimum atomic E-state index is -0.402. The van der Waals surface area contributed by atoms with Crippen LogP contribution in [-0.2, 0) is 0 Å². The summed E-state index contributed by atoms with van der Waals surface area (Å²) in [5.74, 6) is 0.285. The highest BCUT2D eigenvalue weighted by Crippen LogP contribution is 2.36. The van der Waals surface area contributed by atoms with Gasteiger partial charge in [-0.2, -0.15) is 0 Å². The molecular weight excluding hydrogens is 328 g/mol. The Morgan fingerprint density at radius 3 is 1.96 bits per heavy atom. The van der Waals surface area contributed by atoms with Gasteiger partial charge in [0.2, 0.25) is 0 Å². The van der Waals surface area contributed by atoms with Crippen LogP contribution >= 0.6 is 18.5 Å². The third-order valence-electron chi connectivity index (χ3n) is 4.46. The first-order chi connectivity index (χ1) is 10.7. The quantitative estimate of drug-likeness (QED) is 0.484. The lowest BCUT2D eigenvalue weighted by Gasteiger charge is -2.20. The maximum Gasteiger partial charge on any atom is 0.311 e. The molecule has 6 heteroatoms. The second kappa shape index (κ2) is 6.55. The SMILES string of the molecule is COc1cc(C)c(-c2c(P)c(C)c(C)c(C)c2P)cc1[N+](=O)[O-]. The van der Waals surface area contributed by atoms with Crippen molar-refractivity contribution in [3.05, 3.63) is 44.5 Å². The molecule has 0 aromatic heterocycles. The Labute approximate surface area is 141 Å². The van der Waals surface area contributed by atoms with Gasteiger partial charge < -0.3 is 4.74 Å². The van der Waals surface area contributed by atoms with Gasteiger partial charge in [0.05, 0.1) is 12.0 Å². The first-order valence-electron chi connectivity index (χ1n) is 7.18. The Bertz CT molecular complexity index is 787. The van der Waals surface area contributed by atoms with E-state index in [-0.39, 0.29) is 11.4 Å². The van der Waals surface area contributed by atoms with Crippen LogP contribution < -0.4 is 15.3 Å². The summed E-state index contributed by atoms with van der Waals surface area (Å²) >= 11 is 0. The number of hydrogen-bond donors (Lipinski definition) is 0. The standard InChI is InChI=1S/C17H21NO3P2/c1-8-6-14(21-5)13(18(19)20)7-12(8)15-16(22)10(3)9(2)11(4)17(15)23/h6-7H,22-23H2,1-5H3. The molecule has 2 unspecified atom stereocenters. The monoisotopic (exact) mass is 349 g/mol.